The van der Waals surface area contributed by atoms with E-state index in [9.17, 15) is 9.90 Å². The summed E-state index contributed by atoms with van der Waals surface area (Å²) in [5.74, 6) is -0.111. The lowest BCUT2D eigenvalue weighted by molar-refractivity contribution is 0.0700. The Kier molecular flexibility index (Phi) is 4.63. The highest BCUT2D eigenvalue weighted by molar-refractivity contribution is 7.19. The molecule has 25 heavy (non-hydrogen) atoms. The van der Waals surface area contributed by atoms with E-state index in [0.717, 1.165) is 34.0 Å². The zero-order valence-electron chi connectivity index (χ0n) is 14.5. The van der Waals surface area contributed by atoms with Crippen LogP contribution in [0.1, 0.15) is 34.9 Å². The molecule has 0 fully saturated rings. The minimum atomic E-state index is -0.896. The number of carboxylic acid groups (broad SMARTS) is 1. The maximum Gasteiger partial charge on any atom is 0.347 e. The average Bonchev–Trinajstić information content (AvgIpc) is 3.10. The Balaban J connectivity index is 1.99. The van der Waals surface area contributed by atoms with Gasteiger partial charge in [0, 0.05) is 17.0 Å². The second kappa shape index (κ2) is 6.72. The van der Waals surface area contributed by atoms with Crippen molar-refractivity contribution in [2.45, 2.75) is 27.2 Å². The topological polar surface area (TPSA) is 63.8 Å². The summed E-state index contributed by atoms with van der Waals surface area (Å²) in [5.41, 5.74) is 4.56. The molecule has 0 aliphatic carbocycles. The van der Waals surface area contributed by atoms with E-state index < -0.39 is 5.97 Å². The van der Waals surface area contributed by atoms with E-state index in [2.05, 4.69) is 11.6 Å². The third-order valence-corrected chi connectivity index (χ3v) is 5.02. The fourth-order valence-electron chi connectivity index (χ4n) is 2.79. The van der Waals surface area contributed by atoms with Gasteiger partial charge in [0.1, 0.15) is 17.2 Å². The Morgan fingerprint density at radius 3 is 2.60 bits per heavy atom. The first kappa shape index (κ1) is 17.2. The zero-order chi connectivity index (χ0) is 18.1. The summed E-state index contributed by atoms with van der Waals surface area (Å²) in [7, 11) is 0. The molecule has 5 nitrogen and oxygen atoms in total. The Morgan fingerprint density at radius 1 is 1.36 bits per heavy atom. The summed E-state index contributed by atoms with van der Waals surface area (Å²) >= 11 is 1.22. The molecule has 0 unspecified atom stereocenters. The van der Waals surface area contributed by atoms with Gasteiger partial charge in [0.2, 0.25) is 0 Å². The molecule has 1 aromatic carbocycles. The predicted octanol–water partition coefficient (Wildman–Crippen LogP) is 4.59. The van der Waals surface area contributed by atoms with Crippen molar-refractivity contribution < 1.29 is 14.6 Å². The molecule has 0 atom stereocenters. The van der Waals surface area contributed by atoms with Gasteiger partial charge in [-0.2, -0.15) is 0 Å². The van der Waals surface area contributed by atoms with Crippen molar-refractivity contribution in [2.75, 3.05) is 6.61 Å². The normalized spacial score (nSPS) is 11.0. The summed E-state index contributed by atoms with van der Waals surface area (Å²) < 4.78 is 7.58. The molecule has 0 saturated heterocycles. The van der Waals surface area contributed by atoms with Crippen LogP contribution in [0.15, 0.2) is 36.4 Å². The van der Waals surface area contributed by atoms with Crippen LogP contribution in [-0.2, 0) is 6.42 Å². The molecule has 3 rings (SSSR count). The van der Waals surface area contributed by atoms with E-state index in [1.165, 1.54) is 11.3 Å². The highest BCUT2D eigenvalue weighted by Crippen LogP contribution is 2.32. The van der Waals surface area contributed by atoms with Crippen LogP contribution in [0.2, 0.25) is 0 Å². The fraction of sp³-hybridized carbons (Fsp3) is 0.263. The SMILES string of the molecule is C=C(C)COc1ccc(-c2nc3sc(C(=O)O)c(CC)n3c2C)cc1. The van der Waals surface area contributed by atoms with Gasteiger partial charge in [0.25, 0.3) is 0 Å². The van der Waals surface area contributed by atoms with Gasteiger partial charge in [-0.1, -0.05) is 24.8 Å². The van der Waals surface area contributed by atoms with Crippen LogP contribution in [0, 0.1) is 6.92 Å². The standard InChI is InChI=1S/C19H20N2O3S/c1-5-15-17(18(22)23)25-19-20-16(12(4)21(15)19)13-6-8-14(9-7-13)24-10-11(2)3/h6-9H,2,5,10H2,1,3-4H3,(H,22,23). The number of imidazole rings is 1. The van der Waals surface area contributed by atoms with Gasteiger partial charge < -0.3 is 9.84 Å². The smallest absolute Gasteiger partial charge is 0.347 e. The predicted molar refractivity (Wildman–Crippen MR) is 99.9 cm³/mol. The number of hydrogen-bond donors (Lipinski definition) is 1. The number of aryl methyl sites for hydroxylation is 2. The number of thiazole rings is 1. The van der Waals surface area contributed by atoms with Crippen molar-refractivity contribution in [1.29, 1.82) is 0 Å². The second-order valence-corrected chi connectivity index (χ2v) is 6.95. The summed E-state index contributed by atoms with van der Waals surface area (Å²) in [6, 6.07) is 7.76. The molecule has 3 aromatic rings. The number of aromatic nitrogens is 2. The number of rotatable bonds is 6. The lowest BCUT2D eigenvalue weighted by atomic mass is 10.1. The van der Waals surface area contributed by atoms with Crippen molar-refractivity contribution >= 4 is 22.3 Å². The van der Waals surface area contributed by atoms with Crippen LogP contribution in [0.3, 0.4) is 0 Å². The molecule has 0 radical (unpaired) electrons. The van der Waals surface area contributed by atoms with Gasteiger partial charge in [-0.15, -0.1) is 0 Å². The molecule has 6 heteroatoms. The first-order valence-electron chi connectivity index (χ1n) is 8.04. The van der Waals surface area contributed by atoms with E-state index >= 15 is 0 Å². The van der Waals surface area contributed by atoms with Crippen molar-refractivity contribution in [3.05, 3.63) is 52.7 Å². The highest BCUT2D eigenvalue weighted by Gasteiger charge is 2.21. The number of benzene rings is 1. The molecule has 0 bridgehead atoms. The van der Waals surface area contributed by atoms with Gasteiger partial charge in [-0.3, -0.25) is 4.40 Å². The Morgan fingerprint density at radius 2 is 2.04 bits per heavy atom. The third kappa shape index (κ3) is 3.17. The van der Waals surface area contributed by atoms with Crippen molar-refractivity contribution in [3.63, 3.8) is 0 Å². The van der Waals surface area contributed by atoms with Gasteiger partial charge in [-0.25, -0.2) is 9.78 Å². The van der Waals surface area contributed by atoms with Crippen LogP contribution in [-0.4, -0.2) is 27.1 Å². The van der Waals surface area contributed by atoms with E-state index in [0.29, 0.717) is 22.9 Å². The molecule has 0 aliphatic heterocycles. The Hall–Kier alpha value is -2.60. The molecule has 0 amide bonds. The first-order chi connectivity index (χ1) is 11.9. The van der Waals surface area contributed by atoms with Gasteiger partial charge in [0.05, 0.1) is 5.69 Å². The van der Waals surface area contributed by atoms with Gasteiger partial charge in [0.15, 0.2) is 4.96 Å². The van der Waals surface area contributed by atoms with E-state index in [4.69, 9.17) is 4.74 Å². The van der Waals surface area contributed by atoms with Gasteiger partial charge >= 0.3 is 5.97 Å². The minimum Gasteiger partial charge on any atom is -0.489 e. The zero-order valence-corrected chi connectivity index (χ0v) is 15.3. The monoisotopic (exact) mass is 356 g/mol. The average molecular weight is 356 g/mol. The van der Waals surface area contributed by atoms with E-state index in [-0.39, 0.29) is 0 Å². The maximum absolute atomic E-state index is 11.4. The number of carbonyl (C=O) groups is 1. The van der Waals surface area contributed by atoms with E-state index in [1.807, 2.05) is 49.4 Å². The molecular weight excluding hydrogens is 336 g/mol. The molecular formula is C19H20N2O3S. The number of carboxylic acids is 1. The number of nitrogens with zero attached hydrogens (tertiary/aromatic N) is 2. The first-order valence-corrected chi connectivity index (χ1v) is 8.85. The largest absolute Gasteiger partial charge is 0.489 e. The summed E-state index contributed by atoms with van der Waals surface area (Å²) in [6.07, 6.45) is 0.645. The number of fused-ring (bicyclic) bond motifs is 1. The highest BCUT2D eigenvalue weighted by atomic mass is 32.1. The molecule has 2 heterocycles. The lowest BCUT2D eigenvalue weighted by Crippen LogP contribution is -2.01. The van der Waals surface area contributed by atoms with Crippen LogP contribution in [0.4, 0.5) is 0 Å². The van der Waals surface area contributed by atoms with Crippen LogP contribution in [0.5, 0.6) is 5.75 Å². The Labute approximate surface area is 150 Å². The van der Waals surface area contributed by atoms with Crippen molar-refractivity contribution in [2.24, 2.45) is 0 Å². The van der Waals surface area contributed by atoms with Crippen molar-refractivity contribution in [1.82, 2.24) is 9.38 Å². The lowest BCUT2D eigenvalue weighted by Gasteiger charge is -2.07. The second-order valence-electron chi connectivity index (χ2n) is 5.97. The molecule has 2 aromatic heterocycles. The van der Waals surface area contributed by atoms with Crippen molar-refractivity contribution in [3.8, 4) is 17.0 Å². The maximum atomic E-state index is 11.4. The number of aromatic carboxylic acids is 1. The molecule has 1 N–H and O–H groups in total. The third-order valence-electron chi connectivity index (χ3n) is 3.94. The van der Waals surface area contributed by atoms with Gasteiger partial charge in [-0.05, 0) is 50.1 Å². The quantitative estimate of drug-likeness (QED) is 0.656. The fourth-order valence-corrected chi connectivity index (χ4v) is 3.89. The summed E-state index contributed by atoms with van der Waals surface area (Å²) in [4.78, 5) is 17.1. The summed E-state index contributed by atoms with van der Waals surface area (Å²) in [6.45, 7) is 10.2. The molecule has 130 valence electrons. The Bertz CT molecular complexity index is 951. The number of ether oxygens (including phenoxy) is 1. The number of hydrogen-bond acceptors (Lipinski definition) is 4. The minimum absolute atomic E-state index is 0.364. The molecule has 0 spiro atoms. The van der Waals surface area contributed by atoms with Crippen LogP contribution < -0.4 is 4.74 Å². The molecule has 0 aliphatic rings. The van der Waals surface area contributed by atoms with Crippen LogP contribution in [0.25, 0.3) is 16.2 Å². The van der Waals surface area contributed by atoms with Crippen LogP contribution >= 0.6 is 11.3 Å². The van der Waals surface area contributed by atoms with E-state index in [1.54, 1.807) is 0 Å². The molecule has 0 saturated carbocycles. The summed E-state index contributed by atoms with van der Waals surface area (Å²) in [5, 5.41) is 9.36.